The predicted molar refractivity (Wildman–Crippen MR) is 80.0 cm³/mol. The van der Waals surface area contributed by atoms with Crippen LogP contribution in [0.1, 0.15) is 57.8 Å². The number of rotatable bonds is 10. The van der Waals surface area contributed by atoms with Gasteiger partial charge in [-0.15, -0.1) is 0 Å². The maximum absolute atomic E-state index is 5.66. The summed E-state index contributed by atoms with van der Waals surface area (Å²) in [4.78, 5) is 4.59. The zero-order valence-corrected chi connectivity index (χ0v) is 12.6. The van der Waals surface area contributed by atoms with Crippen LogP contribution in [0.2, 0.25) is 0 Å². The smallest absolute Gasteiger partial charge is 0.0887 e. The van der Waals surface area contributed by atoms with E-state index in [1.807, 2.05) is 6.07 Å². The van der Waals surface area contributed by atoms with Crippen LogP contribution in [0.3, 0.4) is 0 Å². The lowest BCUT2D eigenvalue weighted by Gasteiger charge is -2.09. The van der Waals surface area contributed by atoms with Gasteiger partial charge in [-0.1, -0.05) is 46.1 Å². The molecule has 1 heterocycles. The fourth-order valence-corrected chi connectivity index (χ4v) is 1.82. The van der Waals surface area contributed by atoms with Crippen molar-refractivity contribution in [2.45, 2.75) is 65.6 Å². The molecular weight excluding hydrogens is 236 g/mol. The Kier molecular flexibility index (Phi) is 8.43. The van der Waals surface area contributed by atoms with Gasteiger partial charge in [0.2, 0.25) is 0 Å². The van der Waals surface area contributed by atoms with Crippen LogP contribution >= 0.6 is 0 Å². The molecule has 1 aromatic heterocycles. The van der Waals surface area contributed by atoms with Gasteiger partial charge in [0.1, 0.15) is 0 Å². The minimum absolute atomic E-state index is 0.486. The molecule has 0 unspecified atom stereocenters. The van der Waals surface area contributed by atoms with E-state index in [1.54, 1.807) is 0 Å². The number of aromatic nitrogens is 1. The summed E-state index contributed by atoms with van der Waals surface area (Å²) in [5, 5.41) is 3.38. The van der Waals surface area contributed by atoms with Crippen molar-refractivity contribution in [1.82, 2.24) is 10.3 Å². The highest BCUT2D eigenvalue weighted by Crippen LogP contribution is 2.04. The van der Waals surface area contributed by atoms with Crippen LogP contribution < -0.4 is 5.32 Å². The minimum atomic E-state index is 0.486. The van der Waals surface area contributed by atoms with Crippen molar-refractivity contribution in [3.05, 3.63) is 29.6 Å². The van der Waals surface area contributed by atoms with Gasteiger partial charge in [0.25, 0.3) is 0 Å². The van der Waals surface area contributed by atoms with E-state index < -0.39 is 0 Å². The normalized spacial score (nSPS) is 11.2. The summed E-state index contributed by atoms with van der Waals surface area (Å²) < 4.78 is 5.66. The summed E-state index contributed by atoms with van der Waals surface area (Å²) >= 11 is 0. The SMILES string of the molecule is CCCCCCOCc1cccc(CNC(C)C)n1. The fourth-order valence-electron chi connectivity index (χ4n) is 1.82. The topological polar surface area (TPSA) is 34.1 Å². The van der Waals surface area contributed by atoms with Gasteiger partial charge in [0.05, 0.1) is 18.0 Å². The Labute approximate surface area is 117 Å². The molecule has 0 atom stereocenters. The van der Waals surface area contributed by atoms with Gasteiger partial charge in [0, 0.05) is 19.2 Å². The molecule has 0 aliphatic carbocycles. The van der Waals surface area contributed by atoms with Crippen molar-refractivity contribution in [1.29, 1.82) is 0 Å². The second kappa shape index (κ2) is 9.93. The lowest BCUT2D eigenvalue weighted by Crippen LogP contribution is -2.22. The highest BCUT2D eigenvalue weighted by atomic mass is 16.5. The van der Waals surface area contributed by atoms with Crippen molar-refractivity contribution in [2.75, 3.05) is 6.61 Å². The number of nitrogens with one attached hydrogen (secondary N) is 1. The molecule has 0 bridgehead atoms. The van der Waals surface area contributed by atoms with E-state index in [0.29, 0.717) is 12.6 Å². The van der Waals surface area contributed by atoms with E-state index in [-0.39, 0.29) is 0 Å². The van der Waals surface area contributed by atoms with E-state index in [2.05, 4.69) is 43.2 Å². The van der Waals surface area contributed by atoms with Gasteiger partial charge in [-0.3, -0.25) is 4.98 Å². The average molecular weight is 264 g/mol. The molecule has 0 aliphatic rings. The van der Waals surface area contributed by atoms with E-state index >= 15 is 0 Å². The molecule has 0 fully saturated rings. The first kappa shape index (κ1) is 16.1. The molecule has 0 saturated heterocycles. The van der Waals surface area contributed by atoms with E-state index in [4.69, 9.17) is 4.74 Å². The molecule has 3 heteroatoms. The maximum Gasteiger partial charge on any atom is 0.0887 e. The Hall–Kier alpha value is -0.930. The third-order valence-electron chi connectivity index (χ3n) is 2.95. The summed E-state index contributed by atoms with van der Waals surface area (Å²) in [6.45, 7) is 8.80. The predicted octanol–water partition coefficient (Wildman–Crippen LogP) is 3.68. The van der Waals surface area contributed by atoms with Crippen LogP contribution in [0.4, 0.5) is 0 Å². The highest BCUT2D eigenvalue weighted by Gasteiger charge is 1.99. The Morgan fingerprint density at radius 2 is 1.95 bits per heavy atom. The third-order valence-corrected chi connectivity index (χ3v) is 2.95. The molecule has 0 aromatic carbocycles. The Morgan fingerprint density at radius 1 is 1.16 bits per heavy atom. The van der Waals surface area contributed by atoms with Crippen molar-refractivity contribution in [2.24, 2.45) is 0 Å². The zero-order chi connectivity index (χ0) is 13.9. The van der Waals surface area contributed by atoms with Crippen molar-refractivity contribution >= 4 is 0 Å². The minimum Gasteiger partial charge on any atom is -0.375 e. The molecule has 0 amide bonds. The summed E-state index contributed by atoms with van der Waals surface area (Å²) in [5.41, 5.74) is 2.11. The first-order valence-electron chi connectivity index (χ1n) is 7.48. The maximum atomic E-state index is 5.66. The van der Waals surface area contributed by atoms with Gasteiger partial charge in [0.15, 0.2) is 0 Å². The number of pyridine rings is 1. The number of unbranched alkanes of at least 4 members (excludes halogenated alkanes) is 3. The largest absolute Gasteiger partial charge is 0.375 e. The Balaban J connectivity index is 2.24. The molecule has 1 rings (SSSR count). The van der Waals surface area contributed by atoms with Gasteiger partial charge in [-0.05, 0) is 18.6 Å². The molecule has 0 aliphatic heterocycles. The van der Waals surface area contributed by atoms with Gasteiger partial charge in [-0.2, -0.15) is 0 Å². The van der Waals surface area contributed by atoms with E-state index in [1.165, 1.54) is 19.3 Å². The lowest BCUT2D eigenvalue weighted by atomic mass is 10.2. The quantitative estimate of drug-likeness (QED) is 0.655. The molecule has 0 radical (unpaired) electrons. The van der Waals surface area contributed by atoms with Crippen LogP contribution in [0, 0.1) is 0 Å². The molecular formula is C16H28N2O. The van der Waals surface area contributed by atoms with Gasteiger partial charge < -0.3 is 10.1 Å². The first-order chi connectivity index (χ1) is 9.22. The monoisotopic (exact) mass is 264 g/mol. The van der Waals surface area contributed by atoms with E-state index in [9.17, 15) is 0 Å². The van der Waals surface area contributed by atoms with Gasteiger partial charge in [-0.25, -0.2) is 0 Å². The van der Waals surface area contributed by atoms with Crippen molar-refractivity contribution in [3.63, 3.8) is 0 Å². The van der Waals surface area contributed by atoms with Gasteiger partial charge >= 0.3 is 0 Å². The highest BCUT2D eigenvalue weighted by molar-refractivity contribution is 5.10. The average Bonchev–Trinajstić information content (AvgIpc) is 2.41. The van der Waals surface area contributed by atoms with Crippen LogP contribution in [-0.4, -0.2) is 17.6 Å². The number of hydrogen-bond donors (Lipinski definition) is 1. The number of nitrogens with zero attached hydrogens (tertiary/aromatic N) is 1. The van der Waals surface area contributed by atoms with Crippen LogP contribution in [0.25, 0.3) is 0 Å². The number of ether oxygens (including phenoxy) is 1. The first-order valence-corrected chi connectivity index (χ1v) is 7.48. The second-order valence-electron chi connectivity index (χ2n) is 5.27. The summed E-state index contributed by atoms with van der Waals surface area (Å²) in [6.07, 6.45) is 5.00. The summed E-state index contributed by atoms with van der Waals surface area (Å²) in [5.74, 6) is 0. The lowest BCUT2D eigenvalue weighted by molar-refractivity contribution is 0.114. The molecule has 1 aromatic rings. The molecule has 1 N–H and O–H groups in total. The molecule has 108 valence electrons. The van der Waals surface area contributed by atoms with Crippen LogP contribution in [0.5, 0.6) is 0 Å². The molecule has 0 saturated carbocycles. The van der Waals surface area contributed by atoms with Crippen molar-refractivity contribution < 1.29 is 4.74 Å². The van der Waals surface area contributed by atoms with E-state index in [0.717, 1.165) is 31.0 Å². The summed E-state index contributed by atoms with van der Waals surface area (Å²) in [6, 6.07) is 6.63. The van der Waals surface area contributed by atoms with Crippen LogP contribution in [-0.2, 0) is 17.9 Å². The third kappa shape index (κ3) is 7.96. The van der Waals surface area contributed by atoms with Crippen molar-refractivity contribution in [3.8, 4) is 0 Å². The molecule has 19 heavy (non-hydrogen) atoms. The standard InChI is InChI=1S/C16H28N2O/c1-4-5-6-7-11-19-13-16-10-8-9-15(18-16)12-17-14(2)3/h8-10,14,17H,4-7,11-13H2,1-3H3. The molecule has 0 spiro atoms. The number of hydrogen-bond acceptors (Lipinski definition) is 3. The Morgan fingerprint density at radius 3 is 2.68 bits per heavy atom. The summed E-state index contributed by atoms with van der Waals surface area (Å²) in [7, 11) is 0. The Bertz CT molecular complexity index is 339. The molecule has 3 nitrogen and oxygen atoms in total. The zero-order valence-electron chi connectivity index (χ0n) is 12.6. The second-order valence-corrected chi connectivity index (χ2v) is 5.27. The fraction of sp³-hybridized carbons (Fsp3) is 0.688. The van der Waals surface area contributed by atoms with Crippen LogP contribution in [0.15, 0.2) is 18.2 Å².